The number of benzene rings is 2. The number of allylic oxidation sites excluding steroid dienone is 4. The molecule has 0 saturated heterocycles. The van der Waals surface area contributed by atoms with Crippen molar-refractivity contribution in [3.05, 3.63) is 87.5 Å². The average molecular weight is 783 g/mol. The molecule has 15 nitrogen and oxygen atoms in total. The van der Waals surface area contributed by atoms with Crippen LogP contribution < -0.4 is 168 Å². The summed E-state index contributed by atoms with van der Waals surface area (Å²) in [6, 6.07) is 7.79. The van der Waals surface area contributed by atoms with E-state index >= 15 is 0 Å². The number of carbonyl (C=O) groups is 5. The van der Waals surface area contributed by atoms with Crippen molar-refractivity contribution >= 4 is 45.4 Å². The number of hydrogen-bond donors (Lipinski definition) is 1. The van der Waals surface area contributed by atoms with Crippen molar-refractivity contribution in [2.75, 3.05) is 32.7 Å². The van der Waals surface area contributed by atoms with Crippen LogP contribution in [-0.4, -0.2) is 90.3 Å². The van der Waals surface area contributed by atoms with E-state index in [-0.39, 0.29) is 198 Å². The molecule has 0 atom stereocenters. The minimum atomic E-state index is -5.13. The fourth-order valence-electron chi connectivity index (χ4n) is 5.14. The summed E-state index contributed by atoms with van der Waals surface area (Å²) in [6.07, 6.45) is 2.62. The van der Waals surface area contributed by atoms with Gasteiger partial charge in [0.05, 0.1) is 28.8 Å². The molecule has 0 saturated carbocycles. The minimum Gasteiger partial charge on any atom is -0.744 e. The number of aryl methyl sites for hydroxylation is 1. The number of ketones is 1. The molecule has 0 radical (unpaired) electrons. The van der Waals surface area contributed by atoms with Crippen LogP contribution in [0.15, 0.2) is 70.2 Å². The van der Waals surface area contributed by atoms with Gasteiger partial charge >= 0.3 is 148 Å². The van der Waals surface area contributed by atoms with Crippen molar-refractivity contribution in [2.45, 2.75) is 25.3 Å². The van der Waals surface area contributed by atoms with Crippen molar-refractivity contribution < 1.29 is 210 Å². The van der Waals surface area contributed by atoms with E-state index < -0.39 is 83.9 Å². The van der Waals surface area contributed by atoms with Crippen LogP contribution >= 0.6 is 0 Å². The van der Waals surface area contributed by atoms with Gasteiger partial charge in [-0.25, -0.2) is 8.42 Å². The van der Waals surface area contributed by atoms with Crippen LogP contribution in [0.3, 0.4) is 0 Å². The Morgan fingerprint density at radius 1 is 0.731 bits per heavy atom. The van der Waals surface area contributed by atoms with Crippen molar-refractivity contribution in [1.82, 2.24) is 9.80 Å². The summed E-state index contributed by atoms with van der Waals surface area (Å²) in [7, 11) is -5.13. The topological polar surface area (TPSA) is 262 Å². The Balaban J connectivity index is -0.00000480. The van der Waals surface area contributed by atoms with E-state index in [0.717, 1.165) is 15.9 Å². The van der Waals surface area contributed by atoms with E-state index in [1.165, 1.54) is 56.3 Å². The number of aromatic hydroxyl groups is 1. The van der Waals surface area contributed by atoms with Gasteiger partial charge in [0.25, 0.3) is 0 Å². The van der Waals surface area contributed by atoms with Crippen molar-refractivity contribution in [2.24, 2.45) is 0 Å². The molecular formula is C31H27N2Na5O13S. The zero-order chi connectivity index (χ0) is 35.2. The molecule has 52 heavy (non-hydrogen) atoms. The molecule has 21 heteroatoms. The van der Waals surface area contributed by atoms with Gasteiger partial charge in [-0.05, 0) is 72.0 Å². The van der Waals surface area contributed by atoms with Gasteiger partial charge in [-0.3, -0.25) is 14.6 Å². The quantitative estimate of drug-likeness (QED) is 0.130. The fraction of sp³-hybridized carbons (Fsp3) is 0.258. The largest absolute Gasteiger partial charge is 1.00 e. The molecule has 1 N–H and O–H groups in total. The van der Waals surface area contributed by atoms with Crippen LogP contribution in [-0.2, 0) is 40.6 Å². The molecule has 2 aromatic rings. The molecule has 250 valence electrons. The number of phenols is 1. The molecule has 0 fully saturated rings. The van der Waals surface area contributed by atoms with Gasteiger partial charge in [0.2, 0.25) is 0 Å². The third kappa shape index (κ3) is 16.5. The van der Waals surface area contributed by atoms with Crippen LogP contribution in [0.2, 0.25) is 0 Å². The minimum absolute atomic E-state index is 0. The second-order valence-electron chi connectivity index (χ2n) is 10.7. The number of carboxylic acids is 4. The van der Waals surface area contributed by atoms with E-state index in [2.05, 4.69) is 0 Å². The monoisotopic (exact) mass is 782 g/mol. The van der Waals surface area contributed by atoms with E-state index in [4.69, 9.17) is 0 Å². The number of rotatable bonds is 15. The van der Waals surface area contributed by atoms with Gasteiger partial charge in [-0.1, -0.05) is 18.2 Å². The van der Waals surface area contributed by atoms with Crippen molar-refractivity contribution in [3.8, 4) is 5.75 Å². The Hall–Kier alpha value is -0.160. The van der Waals surface area contributed by atoms with Gasteiger partial charge < -0.3 is 49.3 Å². The molecule has 0 aromatic heterocycles. The Bertz CT molecular complexity index is 1830. The normalized spacial score (nSPS) is 13.1. The zero-order valence-corrected chi connectivity index (χ0v) is 40.8. The molecule has 0 unspecified atom stereocenters. The maximum absolute atomic E-state index is 13.1. The number of hydrogen-bond acceptors (Lipinski definition) is 15. The SMILES string of the molecule is CC1=CC(=C(c2cc(C)c(O)c(CN(CC(=O)[O-])CC(=O)[O-])c2)c2ccccc2S(=O)(=O)[O-])C=C(CN(CC(=O)[O-])CC(=O)[O-])C1=O.[Na+].[Na+].[Na+].[Na+].[Na+]. The third-order valence-corrected chi connectivity index (χ3v) is 7.83. The Kier molecular flexibility index (Phi) is 27.2. The predicted octanol–water partition coefficient (Wildman–Crippen LogP) is -19.0. The summed E-state index contributed by atoms with van der Waals surface area (Å²) in [5, 5.41) is 55.9. The first-order chi connectivity index (χ1) is 21.9. The fourth-order valence-corrected chi connectivity index (χ4v) is 5.83. The average Bonchev–Trinajstić information content (AvgIpc) is 2.92. The van der Waals surface area contributed by atoms with Crippen molar-refractivity contribution in [3.63, 3.8) is 0 Å². The summed E-state index contributed by atoms with van der Waals surface area (Å²) < 4.78 is 37.1. The number of aliphatic carboxylic acids is 4. The smallest absolute Gasteiger partial charge is 0.744 e. The summed E-state index contributed by atoms with van der Waals surface area (Å²) in [5.41, 5.74) is 0.263. The molecule has 0 bridgehead atoms. The zero-order valence-electron chi connectivity index (χ0n) is 30.0. The van der Waals surface area contributed by atoms with Gasteiger partial charge in [0, 0.05) is 56.0 Å². The maximum atomic E-state index is 13.1. The second-order valence-corrected chi connectivity index (χ2v) is 12.0. The van der Waals surface area contributed by atoms with Crippen molar-refractivity contribution in [1.29, 1.82) is 0 Å². The third-order valence-electron chi connectivity index (χ3n) is 6.93. The number of carboxylic acid groups (broad SMARTS) is 4. The Labute approximate surface area is 410 Å². The van der Waals surface area contributed by atoms with E-state index in [0.29, 0.717) is 0 Å². The van der Waals surface area contributed by atoms with E-state index in [1.807, 2.05) is 0 Å². The van der Waals surface area contributed by atoms with Crippen LogP contribution in [0, 0.1) is 6.92 Å². The second kappa shape index (κ2) is 25.2. The van der Waals surface area contributed by atoms with Crippen LogP contribution in [0.4, 0.5) is 0 Å². The molecule has 3 rings (SSSR count). The van der Waals surface area contributed by atoms with Crippen LogP contribution in [0.5, 0.6) is 5.75 Å². The summed E-state index contributed by atoms with van der Waals surface area (Å²) >= 11 is 0. The van der Waals surface area contributed by atoms with E-state index in [1.54, 1.807) is 0 Å². The van der Waals surface area contributed by atoms with Gasteiger partial charge in [0.15, 0.2) is 5.78 Å². The molecule has 0 heterocycles. The molecule has 0 spiro atoms. The number of carbonyl (C=O) groups excluding carboxylic acids is 5. The first kappa shape index (κ1) is 56.2. The molecule has 1 aliphatic carbocycles. The van der Waals surface area contributed by atoms with Gasteiger partial charge in [-0.15, -0.1) is 0 Å². The standard InChI is InChI=1S/C31H32N2O13S.5Na/c1-17-7-19(9-21(30(17)42)11-32(13-25(34)35)14-26(36)37)29(23-5-3-4-6-24(23)47(44,45)46)20-8-18(2)31(43)22(10-20)12-33(15-27(38)39)16-28(40)41;;;;;/h3-10,42H,11-16H2,1-2H3,(H,34,35)(H,36,37)(H,38,39)(H,40,41)(H,44,45,46);;;;;/q;5*+1/p-5. The van der Waals surface area contributed by atoms with Gasteiger partial charge in [-0.2, -0.15) is 0 Å². The molecule has 2 aromatic carbocycles. The maximum Gasteiger partial charge on any atom is 1.00 e. The number of Topliss-reactive ketones (excluding diaryl/α,β-unsaturated/α-hetero) is 1. The molecule has 1 aliphatic rings. The molecular weight excluding hydrogens is 755 g/mol. The first-order valence-corrected chi connectivity index (χ1v) is 15.1. The van der Waals surface area contributed by atoms with Crippen LogP contribution in [0.1, 0.15) is 29.2 Å². The first-order valence-electron chi connectivity index (χ1n) is 13.7. The molecule has 0 aliphatic heterocycles. The Morgan fingerprint density at radius 2 is 1.19 bits per heavy atom. The number of phenolic OH excluding ortho intramolecular Hbond substituents is 1. The summed E-state index contributed by atoms with van der Waals surface area (Å²) in [6.45, 7) is -1.57. The van der Waals surface area contributed by atoms with Crippen LogP contribution in [0.25, 0.3) is 5.57 Å². The van der Waals surface area contributed by atoms with Gasteiger partial charge in [0.1, 0.15) is 15.9 Å². The summed E-state index contributed by atoms with van der Waals surface area (Å²) in [5.74, 6) is -7.45. The molecule has 0 amide bonds. The number of nitrogens with zero attached hydrogens (tertiary/aromatic N) is 2. The van der Waals surface area contributed by atoms with E-state index in [9.17, 15) is 62.5 Å². The Morgan fingerprint density at radius 3 is 1.65 bits per heavy atom. The summed E-state index contributed by atoms with van der Waals surface area (Å²) in [4.78, 5) is 59.3. The predicted molar refractivity (Wildman–Crippen MR) is 152 cm³/mol.